The molecule has 0 aromatic heterocycles. The number of nitrogens with one attached hydrogen (secondary N) is 2. The van der Waals surface area contributed by atoms with Crippen LogP contribution in [0.4, 0.5) is 4.79 Å². The Balaban J connectivity index is 1.28. The lowest BCUT2D eigenvalue weighted by Gasteiger charge is -2.20. The SMILES string of the molecule is CC(CC(=O)N[C@@H]1CCC[C@@H]1C(=O)O)NC(=O)OCC1c2ccccc2-c2ccccc21. The first-order valence-electron chi connectivity index (χ1n) is 11.1. The van der Waals surface area contributed by atoms with Crippen molar-refractivity contribution in [3.05, 3.63) is 59.7 Å². The second kappa shape index (κ2) is 9.42. The predicted molar refractivity (Wildman–Crippen MR) is 119 cm³/mol. The normalized spacial score (nSPS) is 20.2. The van der Waals surface area contributed by atoms with Crippen molar-refractivity contribution in [2.24, 2.45) is 5.92 Å². The highest BCUT2D eigenvalue weighted by Gasteiger charge is 2.34. The quantitative estimate of drug-likeness (QED) is 0.614. The number of carboxylic acid groups (broad SMARTS) is 1. The van der Waals surface area contributed by atoms with Gasteiger partial charge in [0.05, 0.1) is 5.92 Å². The average Bonchev–Trinajstić information content (AvgIpc) is 3.34. The van der Waals surface area contributed by atoms with E-state index in [9.17, 15) is 19.5 Å². The zero-order valence-corrected chi connectivity index (χ0v) is 18.0. The number of hydrogen-bond acceptors (Lipinski definition) is 4. The zero-order chi connectivity index (χ0) is 22.7. The van der Waals surface area contributed by atoms with Gasteiger partial charge in [-0.3, -0.25) is 9.59 Å². The van der Waals surface area contributed by atoms with Crippen LogP contribution in [-0.2, 0) is 14.3 Å². The molecule has 2 aliphatic rings. The average molecular weight is 437 g/mol. The molecule has 1 saturated carbocycles. The molecular weight excluding hydrogens is 408 g/mol. The van der Waals surface area contributed by atoms with E-state index < -0.39 is 24.0 Å². The first-order valence-corrected chi connectivity index (χ1v) is 11.1. The summed E-state index contributed by atoms with van der Waals surface area (Å²) in [7, 11) is 0. The van der Waals surface area contributed by atoms with Gasteiger partial charge >= 0.3 is 12.1 Å². The van der Waals surface area contributed by atoms with Crippen LogP contribution in [0.2, 0.25) is 0 Å². The minimum absolute atomic E-state index is 0.0259. The highest BCUT2D eigenvalue weighted by Crippen LogP contribution is 2.44. The Hall–Kier alpha value is -3.35. The number of alkyl carbamates (subject to hydrolysis) is 1. The van der Waals surface area contributed by atoms with Crippen molar-refractivity contribution in [2.75, 3.05) is 6.61 Å². The van der Waals surface area contributed by atoms with Crippen molar-refractivity contribution in [1.29, 1.82) is 0 Å². The molecule has 3 atom stereocenters. The van der Waals surface area contributed by atoms with Crippen LogP contribution in [0, 0.1) is 5.92 Å². The number of amides is 2. The fourth-order valence-corrected chi connectivity index (χ4v) is 4.86. The highest BCUT2D eigenvalue weighted by molar-refractivity contribution is 5.80. The van der Waals surface area contributed by atoms with Crippen molar-refractivity contribution in [2.45, 2.75) is 50.6 Å². The molecule has 7 heteroatoms. The fourth-order valence-electron chi connectivity index (χ4n) is 4.86. The summed E-state index contributed by atoms with van der Waals surface area (Å²) >= 11 is 0. The molecule has 2 aromatic carbocycles. The number of benzene rings is 2. The van der Waals surface area contributed by atoms with Gasteiger partial charge in [-0.05, 0) is 42.0 Å². The zero-order valence-electron chi connectivity index (χ0n) is 18.0. The molecule has 2 aliphatic carbocycles. The Morgan fingerprint density at radius 1 is 1.03 bits per heavy atom. The largest absolute Gasteiger partial charge is 0.481 e. The lowest BCUT2D eigenvalue weighted by Crippen LogP contribution is -2.43. The van der Waals surface area contributed by atoms with Crippen molar-refractivity contribution in [3.63, 3.8) is 0 Å². The summed E-state index contributed by atoms with van der Waals surface area (Å²) in [5.74, 6) is -1.71. The van der Waals surface area contributed by atoms with Crippen molar-refractivity contribution in [1.82, 2.24) is 10.6 Å². The van der Waals surface area contributed by atoms with Gasteiger partial charge in [0.1, 0.15) is 6.61 Å². The lowest BCUT2D eigenvalue weighted by molar-refractivity contribution is -0.142. The molecule has 0 saturated heterocycles. The highest BCUT2D eigenvalue weighted by atomic mass is 16.5. The number of rotatable bonds is 7. The fraction of sp³-hybridized carbons (Fsp3) is 0.400. The molecule has 32 heavy (non-hydrogen) atoms. The summed E-state index contributed by atoms with van der Waals surface area (Å²) in [6.07, 6.45) is 1.52. The van der Waals surface area contributed by atoms with E-state index in [-0.39, 0.29) is 30.9 Å². The maximum atomic E-state index is 12.4. The summed E-state index contributed by atoms with van der Waals surface area (Å²) in [4.78, 5) is 35.9. The number of carbonyl (C=O) groups excluding carboxylic acids is 2. The van der Waals surface area contributed by atoms with Gasteiger partial charge in [0.15, 0.2) is 0 Å². The molecule has 4 rings (SSSR count). The van der Waals surface area contributed by atoms with Gasteiger partial charge < -0.3 is 20.5 Å². The summed E-state index contributed by atoms with van der Waals surface area (Å²) in [5, 5.41) is 14.7. The third-order valence-electron chi connectivity index (χ3n) is 6.38. The van der Waals surface area contributed by atoms with Gasteiger partial charge in [-0.25, -0.2) is 4.79 Å². The van der Waals surface area contributed by atoms with Gasteiger partial charge in [0.2, 0.25) is 5.91 Å². The van der Waals surface area contributed by atoms with Crippen LogP contribution >= 0.6 is 0 Å². The van der Waals surface area contributed by atoms with Crippen LogP contribution in [0.1, 0.15) is 49.7 Å². The number of hydrogen-bond donors (Lipinski definition) is 3. The minimum atomic E-state index is -0.877. The van der Waals surface area contributed by atoms with Crippen LogP contribution in [0.5, 0.6) is 0 Å². The number of carbonyl (C=O) groups is 3. The van der Waals surface area contributed by atoms with Crippen molar-refractivity contribution in [3.8, 4) is 11.1 Å². The maximum Gasteiger partial charge on any atom is 0.407 e. The van der Waals surface area contributed by atoms with Crippen LogP contribution < -0.4 is 10.6 Å². The van der Waals surface area contributed by atoms with Crippen molar-refractivity contribution >= 4 is 18.0 Å². The van der Waals surface area contributed by atoms with Crippen LogP contribution in [-0.4, -0.2) is 41.8 Å². The van der Waals surface area contributed by atoms with Gasteiger partial charge in [0.25, 0.3) is 0 Å². The van der Waals surface area contributed by atoms with E-state index in [1.54, 1.807) is 6.92 Å². The summed E-state index contributed by atoms with van der Waals surface area (Å²) in [5.41, 5.74) is 4.60. The number of fused-ring (bicyclic) bond motifs is 3. The van der Waals surface area contributed by atoms with Gasteiger partial charge in [-0.2, -0.15) is 0 Å². The molecule has 0 aliphatic heterocycles. The third kappa shape index (κ3) is 4.61. The Bertz CT molecular complexity index is 975. The molecule has 0 heterocycles. The topological polar surface area (TPSA) is 105 Å². The standard InChI is InChI=1S/C25H28N2O5/c1-15(13-23(28)27-22-12-6-11-20(22)24(29)30)26-25(31)32-14-21-18-9-4-2-7-16(18)17-8-3-5-10-19(17)21/h2-5,7-10,15,20-22H,6,11-14H2,1H3,(H,26,31)(H,27,28)(H,29,30)/t15?,20-,22+/m0/s1. The van der Waals surface area contributed by atoms with E-state index in [2.05, 4.69) is 34.9 Å². The molecule has 1 unspecified atom stereocenters. The Labute approximate surface area is 187 Å². The molecule has 7 nitrogen and oxygen atoms in total. The Morgan fingerprint density at radius 3 is 2.28 bits per heavy atom. The predicted octanol–water partition coefficient (Wildman–Crippen LogP) is 3.67. The Morgan fingerprint density at radius 2 is 1.66 bits per heavy atom. The van der Waals surface area contributed by atoms with E-state index >= 15 is 0 Å². The smallest absolute Gasteiger partial charge is 0.407 e. The molecule has 0 spiro atoms. The Kier molecular flexibility index (Phi) is 6.44. The number of ether oxygens (including phenoxy) is 1. The molecule has 2 amide bonds. The van der Waals surface area contributed by atoms with Gasteiger partial charge in [-0.15, -0.1) is 0 Å². The van der Waals surface area contributed by atoms with Crippen LogP contribution in [0.25, 0.3) is 11.1 Å². The first-order chi connectivity index (χ1) is 15.4. The minimum Gasteiger partial charge on any atom is -0.481 e. The maximum absolute atomic E-state index is 12.4. The summed E-state index contributed by atoms with van der Waals surface area (Å²) in [6, 6.07) is 15.5. The van der Waals surface area contributed by atoms with Gasteiger partial charge in [0, 0.05) is 24.4 Å². The van der Waals surface area contributed by atoms with E-state index in [4.69, 9.17) is 4.74 Å². The van der Waals surface area contributed by atoms with E-state index in [1.807, 2.05) is 24.3 Å². The summed E-state index contributed by atoms with van der Waals surface area (Å²) < 4.78 is 5.51. The van der Waals surface area contributed by atoms with E-state index in [0.29, 0.717) is 12.8 Å². The summed E-state index contributed by atoms with van der Waals surface area (Å²) in [6.45, 7) is 1.94. The molecule has 0 radical (unpaired) electrons. The second-order valence-corrected chi connectivity index (χ2v) is 8.62. The molecule has 0 bridgehead atoms. The molecule has 2 aromatic rings. The molecule has 3 N–H and O–H groups in total. The van der Waals surface area contributed by atoms with E-state index in [1.165, 1.54) is 0 Å². The molecule has 1 fully saturated rings. The number of carboxylic acids is 1. The lowest BCUT2D eigenvalue weighted by atomic mass is 9.98. The number of aliphatic carboxylic acids is 1. The van der Waals surface area contributed by atoms with Gasteiger partial charge in [-0.1, -0.05) is 55.0 Å². The monoisotopic (exact) mass is 436 g/mol. The van der Waals surface area contributed by atoms with Crippen LogP contribution in [0.3, 0.4) is 0 Å². The van der Waals surface area contributed by atoms with Crippen molar-refractivity contribution < 1.29 is 24.2 Å². The van der Waals surface area contributed by atoms with E-state index in [0.717, 1.165) is 28.7 Å². The first kappa shape index (κ1) is 21.9. The molecular formula is C25H28N2O5. The third-order valence-corrected chi connectivity index (χ3v) is 6.38. The molecule has 168 valence electrons. The van der Waals surface area contributed by atoms with Crippen LogP contribution in [0.15, 0.2) is 48.5 Å². The second-order valence-electron chi connectivity index (χ2n) is 8.62.